The molecule has 0 aliphatic carbocycles. The molecule has 7 heteroatoms. The summed E-state index contributed by atoms with van der Waals surface area (Å²) >= 11 is 0. The van der Waals surface area contributed by atoms with Crippen LogP contribution in [0.5, 0.6) is 11.6 Å². The summed E-state index contributed by atoms with van der Waals surface area (Å²) in [5.41, 5.74) is 0.963. The zero-order valence-electron chi connectivity index (χ0n) is 11.4. The van der Waals surface area contributed by atoms with Crippen LogP contribution in [0.1, 0.15) is 21.5 Å². The molecule has 1 heterocycles. The fraction of sp³-hybridized carbons (Fsp3) is 0.143. The molecule has 1 N–H and O–H groups in total. The van der Waals surface area contributed by atoms with E-state index in [4.69, 9.17) is 9.84 Å². The van der Waals surface area contributed by atoms with E-state index in [1.165, 1.54) is 0 Å². The molecule has 1 aromatic heterocycles. The van der Waals surface area contributed by atoms with Crippen LogP contribution in [0.15, 0.2) is 30.5 Å². The van der Waals surface area contributed by atoms with Crippen molar-refractivity contribution >= 4 is 11.7 Å². The highest BCUT2D eigenvalue weighted by Crippen LogP contribution is 2.31. The topological polar surface area (TPSA) is 103 Å². The van der Waals surface area contributed by atoms with Crippen molar-refractivity contribution in [2.24, 2.45) is 0 Å². The first-order valence-corrected chi connectivity index (χ1v) is 6.01. The fourth-order valence-electron chi connectivity index (χ4n) is 1.69. The average molecular weight is 288 g/mol. The maximum Gasteiger partial charge on any atom is 0.337 e. The van der Waals surface area contributed by atoms with Crippen LogP contribution < -0.4 is 4.74 Å². The third kappa shape index (κ3) is 3.14. The SMILES string of the molecule is Cc1ccc(C)c(Oc2ncc(C(=O)O)cc2[N+](=O)[O-])c1. The minimum Gasteiger partial charge on any atom is -0.478 e. The van der Waals surface area contributed by atoms with E-state index in [1.54, 1.807) is 13.0 Å². The molecule has 0 saturated heterocycles. The molecule has 1 aromatic carbocycles. The minimum atomic E-state index is -1.29. The van der Waals surface area contributed by atoms with Crippen LogP contribution in [0.2, 0.25) is 0 Å². The van der Waals surface area contributed by atoms with Crippen molar-refractivity contribution in [2.75, 3.05) is 0 Å². The predicted molar refractivity (Wildman–Crippen MR) is 73.8 cm³/mol. The van der Waals surface area contributed by atoms with E-state index >= 15 is 0 Å². The van der Waals surface area contributed by atoms with Gasteiger partial charge in [-0.3, -0.25) is 10.1 Å². The number of pyridine rings is 1. The molecular formula is C14H12N2O5. The Labute approximate surface area is 120 Å². The molecule has 0 aliphatic rings. The van der Waals surface area contributed by atoms with Crippen LogP contribution in [-0.2, 0) is 0 Å². The van der Waals surface area contributed by atoms with Gasteiger partial charge in [0.15, 0.2) is 0 Å². The molecule has 0 amide bonds. The van der Waals surface area contributed by atoms with Gasteiger partial charge in [-0.2, -0.15) is 0 Å². The first-order valence-electron chi connectivity index (χ1n) is 6.01. The summed E-state index contributed by atoms with van der Waals surface area (Å²) in [5, 5.41) is 19.9. The highest BCUT2D eigenvalue weighted by molar-refractivity contribution is 5.88. The van der Waals surface area contributed by atoms with Gasteiger partial charge < -0.3 is 9.84 Å². The molecular weight excluding hydrogens is 276 g/mol. The van der Waals surface area contributed by atoms with Crippen LogP contribution in [0.3, 0.4) is 0 Å². The Bertz CT molecular complexity index is 727. The van der Waals surface area contributed by atoms with Crippen molar-refractivity contribution in [2.45, 2.75) is 13.8 Å². The number of ether oxygens (including phenoxy) is 1. The van der Waals surface area contributed by atoms with Gasteiger partial charge in [-0.15, -0.1) is 0 Å². The predicted octanol–water partition coefficient (Wildman–Crippen LogP) is 3.10. The second-order valence-electron chi connectivity index (χ2n) is 4.48. The molecule has 108 valence electrons. The Morgan fingerprint density at radius 2 is 2.05 bits per heavy atom. The second kappa shape index (κ2) is 5.58. The molecule has 0 spiro atoms. The van der Waals surface area contributed by atoms with E-state index < -0.39 is 16.6 Å². The van der Waals surface area contributed by atoms with Crippen molar-refractivity contribution in [1.82, 2.24) is 4.98 Å². The Hall–Kier alpha value is -2.96. The van der Waals surface area contributed by atoms with Crippen molar-refractivity contribution in [3.8, 4) is 11.6 Å². The number of rotatable bonds is 4. The lowest BCUT2D eigenvalue weighted by molar-refractivity contribution is -0.386. The fourth-order valence-corrected chi connectivity index (χ4v) is 1.69. The van der Waals surface area contributed by atoms with Crippen LogP contribution >= 0.6 is 0 Å². The van der Waals surface area contributed by atoms with Gasteiger partial charge >= 0.3 is 11.7 Å². The molecule has 0 aliphatic heterocycles. The van der Waals surface area contributed by atoms with Crippen LogP contribution in [0.4, 0.5) is 5.69 Å². The highest BCUT2D eigenvalue weighted by Gasteiger charge is 2.21. The lowest BCUT2D eigenvalue weighted by Crippen LogP contribution is -2.02. The average Bonchev–Trinajstić information content (AvgIpc) is 2.42. The number of carboxylic acids is 1. The van der Waals surface area contributed by atoms with Gasteiger partial charge in [-0.1, -0.05) is 12.1 Å². The molecule has 0 unspecified atom stereocenters. The molecule has 0 saturated carbocycles. The molecule has 2 rings (SSSR count). The Morgan fingerprint density at radius 1 is 1.33 bits per heavy atom. The summed E-state index contributed by atoms with van der Waals surface area (Å²) < 4.78 is 5.47. The van der Waals surface area contributed by atoms with E-state index in [1.807, 2.05) is 19.1 Å². The number of aromatic carboxylic acids is 1. The quantitative estimate of drug-likeness (QED) is 0.685. The Morgan fingerprint density at radius 3 is 2.67 bits per heavy atom. The number of hydrogen-bond acceptors (Lipinski definition) is 5. The first-order chi connectivity index (χ1) is 9.88. The normalized spacial score (nSPS) is 10.2. The minimum absolute atomic E-state index is 0.237. The smallest absolute Gasteiger partial charge is 0.337 e. The van der Waals surface area contributed by atoms with Gasteiger partial charge in [0, 0.05) is 12.3 Å². The van der Waals surface area contributed by atoms with Gasteiger partial charge in [0.05, 0.1) is 10.5 Å². The summed E-state index contributed by atoms with van der Waals surface area (Å²) in [6.45, 7) is 3.66. The number of nitro groups is 1. The lowest BCUT2D eigenvalue weighted by Gasteiger charge is -2.09. The van der Waals surface area contributed by atoms with E-state index in [2.05, 4.69) is 4.98 Å². The number of carbonyl (C=O) groups is 1. The van der Waals surface area contributed by atoms with Crippen molar-refractivity contribution in [3.63, 3.8) is 0 Å². The molecule has 21 heavy (non-hydrogen) atoms. The van der Waals surface area contributed by atoms with Gasteiger partial charge in [0.2, 0.25) is 0 Å². The number of benzene rings is 1. The standard InChI is InChI=1S/C14H12N2O5/c1-8-3-4-9(2)12(5-8)21-13-11(16(19)20)6-10(7-15-13)14(17)18/h3-7H,1-2H3,(H,17,18). The number of nitrogens with zero attached hydrogens (tertiary/aromatic N) is 2. The summed E-state index contributed by atoms with van der Waals surface area (Å²) in [6.07, 6.45) is 1.02. The molecule has 7 nitrogen and oxygen atoms in total. The highest BCUT2D eigenvalue weighted by atomic mass is 16.6. The summed E-state index contributed by atoms with van der Waals surface area (Å²) in [6, 6.07) is 6.36. The third-order valence-electron chi connectivity index (χ3n) is 2.83. The summed E-state index contributed by atoms with van der Waals surface area (Å²) in [4.78, 5) is 24.9. The van der Waals surface area contributed by atoms with E-state index in [0.717, 1.165) is 23.4 Å². The second-order valence-corrected chi connectivity index (χ2v) is 4.48. The molecule has 2 aromatic rings. The first kappa shape index (κ1) is 14.4. The third-order valence-corrected chi connectivity index (χ3v) is 2.83. The number of aromatic nitrogens is 1. The van der Waals surface area contributed by atoms with Crippen molar-refractivity contribution < 1.29 is 19.6 Å². The summed E-state index contributed by atoms with van der Waals surface area (Å²) in [7, 11) is 0. The van der Waals surface area contributed by atoms with Gasteiger partial charge in [0.1, 0.15) is 5.75 Å². The number of aryl methyl sites for hydroxylation is 2. The Balaban J connectivity index is 2.46. The summed E-state index contributed by atoms with van der Waals surface area (Å²) in [5.74, 6) is -1.09. The Kier molecular flexibility index (Phi) is 3.84. The largest absolute Gasteiger partial charge is 0.478 e. The molecule has 0 fully saturated rings. The van der Waals surface area contributed by atoms with Gasteiger partial charge in [-0.25, -0.2) is 9.78 Å². The van der Waals surface area contributed by atoms with E-state index in [0.29, 0.717) is 5.75 Å². The van der Waals surface area contributed by atoms with Crippen molar-refractivity contribution in [3.05, 3.63) is 57.3 Å². The molecule has 0 radical (unpaired) electrons. The molecule has 0 bridgehead atoms. The lowest BCUT2D eigenvalue weighted by atomic mass is 10.1. The zero-order chi connectivity index (χ0) is 15.6. The monoisotopic (exact) mass is 288 g/mol. The van der Waals surface area contributed by atoms with Gasteiger partial charge in [-0.05, 0) is 31.0 Å². The maximum absolute atomic E-state index is 11.0. The number of carboxylic acid groups (broad SMARTS) is 1. The zero-order valence-corrected chi connectivity index (χ0v) is 11.4. The van der Waals surface area contributed by atoms with E-state index in [-0.39, 0.29) is 11.4 Å². The van der Waals surface area contributed by atoms with Crippen LogP contribution in [-0.4, -0.2) is 21.0 Å². The van der Waals surface area contributed by atoms with Gasteiger partial charge in [0.25, 0.3) is 5.88 Å². The number of hydrogen-bond donors (Lipinski definition) is 1. The van der Waals surface area contributed by atoms with Crippen LogP contribution in [0, 0.1) is 24.0 Å². The maximum atomic E-state index is 11.0. The molecule has 0 atom stereocenters. The van der Waals surface area contributed by atoms with Crippen molar-refractivity contribution in [1.29, 1.82) is 0 Å². The van der Waals surface area contributed by atoms with E-state index in [9.17, 15) is 14.9 Å². The van der Waals surface area contributed by atoms with Crippen LogP contribution in [0.25, 0.3) is 0 Å².